The number of carbonyl (C=O) groups excluding carboxylic acids is 1. The molecule has 2 aromatic rings. The summed E-state index contributed by atoms with van der Waals surface area (Å²) < 4.78 is 5.65. The summed E-state index contributed by atoms with van der Waals surface area (Å²) in [6.45, 7) is 6.32. The minimum absolute atomic E-state index is 0.0425. The first kappa shape index (κ1) is 12.8. The molecule has 0 aliphatic rings. The Morgan fingerprint density at radius 2 is 1.83 bits per heavy atom. The molecule has 2 rings (SSSR count). The van der Waals surface area contributed by atoms with Crippen LogP contribution in [-0.4, -0.2) is 12.4 Å². The molecule has 0 N–H and O–H groups in total. The summed E-state index contributed by atoms with van der Waals surface area (Å²) in [5, 5.41) is 2.11. The predicted octanol–water partition coefficient (Wildman–Crippen LogP) is 4.14. The Kier molecular flexibility index (Phi) is 3.78. The van der Waals surface area contributed by atoms with E-state index in [1.807, 2.05) is 50.2 Å². The van der Waals surface area contributed by atoms with E-state index in [0.29, 0.717) is 6.61 Å². The van der Waals surface area contributed by atoms with Crippen LogP contribution in [0.25, 0.3) is 10.8 Å². The van der Waals surface area contributed by atoms with Crippen LogP contribution < -0.4 is 0 Å². The predicted molar refractivity (Wildman–Crippen MR) is 74.0 cm³/mol. The average Bonchev–Trinajstić information content (AvgIpc) is 2.37. The molecule has 0 saturated carbocycles. The molecule has 0 aromatic heterocycles. The number of hydrogen-bond donors (Lipinski definition) is 0. The Balaban J connectivity index is 2.64. The van der Waals surface area contributed by atoms with Gasteiger partial charge in [-0.1, -0.05) is 36.4 Å². The van der Waals surface area contributed by atoms with E-state index in [1.54, 1.807) is 6.92 Å². The van der Waals surface area contributed by atoms with Gasteiger partial charge in [0.15, 0.2) is 5.78 Å². The molecule has 0 aliphatic heterocycles. The minimum atomic E-state index is 0.0425. The molecule has 0 radical (unpaired) electrons. The zero-order valence-electron chi connectivity index (χ0n) is 11.1. The highest BCUT2D eigenvalue weighted by Crippen LogP contribution is 2.29. The lowest BCUT2D eigenvalue weighted by Crippen LogP contribution is -2.02. The summed E-state index contributed by atoms with van der Waals surface area (Å²) in [6.07, 6.45) is 0.0425. The average molecular weight is 242 g/mol. The summed E-state index contributed by atoms with van der Waals surface area (Å²) in [5.74, 6) is 0.0989. The van der Waals surface area contributed by atoms with Crippen molar-refractivity contribution < 1.29 is 9.53 Å². The van der Waals surface area contributed by atoms with E-state index in [4.69, 9.17) is 4.74 Å². The second-order valence-electron chi connectivity index (χ2n) is 4.40. The van der Waals surface area contributed by atoms with Crippen molar-refractivity contribution >= 4 is 16.6 Å². The Bertz CT molecular complexity index is 572. The fraction of sp³-hybridized carbons (Fsp3) is 0.312. The monoisotopic (exact) mass is 242 g/mol. The standard InChI is InChI=1S/C16H18O2/c1-4-18-12(3)14-10-9-13(11(2)17)15-7-5-6-8-16(14)15/h5-10,12H,4H2,1-3H3. The van der Waals surface area contributed by atoms with Crippen molar-refractivity contribution in [2.24, 2.45) is 0 Å². The van der Waals surface area contributed by atoms with Gasteiger partial charge in [0.25, 0.3) is 0 Å². The van der Waals surface area contributed by atoms with Gasteiger partial charge < -0.3 is 4.74 Å². The molecule has 0 heterocycles. The van der Waals surface area contributed by atoms with Gasteiger partial charge in [-0.25, -0.2) is 0 Å². The van der Waals surface area contributed by atoms with Gasteiger partial charge in [0.05, 0.1) is 6.10 Å². The molecule has 18 heavy (non-hydrogen) atoms. The maximum atomic E-state index is 11.6. The zero-order valence-corrected chi connectivity index (χ0v) is 11.1. The van der Waals surface area contributed by atoms with E-state index >= 15 is 0 Å². The second-order valence-corrected chi connectivity index (χ2v) is 4.40. The maximum Gasteiger partial charge on any atom is 0.160 e. The molecule has 1 unspecified atom stereocenters. The summed E-state index contributed by atoms with van der Waals surface area (Å²) in [4.78, 5) is 11.6. The van der Waals surface area contributed by atoms with Gasteiger partial charge in [-0.05, 0) is 37.1 Å². The molecular formula is C16H18O2. The van der Waals surface area contributed by atoms with Gasteiger partial charge in [-0.2, -0.15) is 0 Å². The first-order chi connectivity index (χ1) is 8.65. The van der Waals surface area contributed by atoms with Crippen molar-refractivity contribution in [1.82, 2.24) is 0 Å². The quantitative estimate of drug-likeness (QED) is 0.753. The Labute approximate surface area is 108 Å². The lowest BCUT2D eigenvalue weighted by atomic mass is 9.95. The smallest absolute Gasteiger partial charge is 0.160 e. The van der Waals surface area contributed by atoms with Crippen LogP contribution in [-0.2, 0) is 4.74 Å². The van der Waals surface area contributed by atoms with Crippen LogP contribution in [0.4, 0.5) is 0 Å². The largest absolute Gasteiger partial charge is 0.374 e. The highest BCUT2D eigenvalue weighted by molar-refractivity contribution is 6.07. The van der Waals surface area contributed by atoms with E-state index < -0.39 is 0 Å². The van der Waals surface area contributed by atoms with E-state index in [-0.39, 0.29) is 11.9 Å². The third-order valence-corrected chi connectivity index (χ3v) is 3.19. The number of fused-ring (bicyclic) bond motifs is 1. The fourth-order valence-corrected chi connectivity index (χ4v) is 2.32. The van der Waals surface area contributed by atoms with Gasteiger partial charge in [-0.3, -0.25) is 4.79 Å². The summed E-state index contributed by atoms with van der Waals surface area (Å²) in [6, 6.07) is 11.9. The van der Waals surface area contributed by atoms with Crippen LogP contribution in [0.2, 0.25) is 0 Å². The maximum absolute atomic E-state index is 11.6. The SMILES string of the molecule is CCOC(C)c1ccc(C(C)=O)c2ccccc12. The van der Waals surface area contributed by atoms with Gasteiger partial charge in [0.2, 0.25) is 0 Å². The Hall–Kier alpha value is -1.67. The van der Waals surface area contributed by atoms with Crippen molar-refractivity contribution in [2.45, 2.75) is 26.9 Å². The molecule has 0 spiro atoms. The summed E-state index contributed by atoms with van der Waals surface area (Å²) >= 11 is 0. The molecule has 0 amide bonds. The third-order valence-electron chi connectivity index (χ3n) is 3.19. The molecular weight excluding hydrogens is 224 g/mol. The summed E-state index contributed by atoms with van der Waals surface area (Å²) in [7, 11) is 0. The molecule has 2 nitrogen and oxygen atoms in total. The third kappa shape index (κ3) is 2.29. The molecule has 0 aliphatic carbocycles. The molecule has 2 aromatic carbocycles. The second kappa shape index (κ2) is 5.32. The van der Waals surface area contributed by atoms with Crippen molar-refractivity contribution in [1.29, 1.82) is 0 Å². The number of carbonyl (C=O) groups is 1. The topological polar surface area (TPSA) is 26.3 Å². The number of Topliss-reactive ketones (excluding diaryl/α,β-unsaturated/α-hetero) is 1. The molecule has 0 bridgehead atoms. The van der Waals surface area contributed by atoms with Crippen LogP contribution in [0.1, 0.15) is 42.8 Å². The first-order valence-corrected chi connectivity index (χ1v) is 6.29. The number of benzene rings is 2. The van der Waals surface area contributed by atoms with Crippen molar-refractivity contribution in [2.75, 3.05) is 6.61 Å². The van der Waals surface area contributed by atoms with E-state index in [2.05, 4.69) is 0 Å². The number of ether oxygens (including phenoxy) is 1. The number of rotatable bonds is 4. The lowest BCUT2D eigenvalue weighted by molar-refractivity contribution is 0.0774. The molecule has 1 atom stereocenters. The highest BCUT2D eigenvalue weighted by Gasteiger charge is 2.13. The fourth-order valence-electron chi connectivity index (χ4n) is 2.32. The summed E-state index contributed by atoms with van der Waals surface area (Å²) in [5.41, 5.74) is 1.91. The van der Waals surface area contributed by atoms with Crippen LogP contribution in [0.3, 0.4) is 0 Å². The van der Waals surface area contributed by atoms with Gasteiger partial charge in [0.1, 0.15) is 0 Å². The van der Waals surface area contributed by atoms with Crippen molar-refractivity contribution in [3.8, 4) is 0 Å². The number of ketones is 1. The van der Waals surface area contributed by atoms with Gasteiger partial charge >= 0.3 is 0 Å². The van der Waals surface area contributed by atoms with Crippen LogP contribution in [0, 0.1) is 0 Å². The molecule has 0 fully saturated rings. The molecule has 0 saturated heterocycles. The van der Waals surface area contributed by atoms with E-state index in [9.17, 15) is 4.79 Å². The number of hydrogen-bond acceptors (Lipinski definition) is 2. The van der Waals surface area contributed by atoms with Crippen molar-refractivity contribution in [3.63, 3.8) is 0 Å². The van der Waals surface area contributed by atoms with Gasteiger partial charge in [-0.15, -0.1) is 0 Å². The molecule has 94 valence electrons. The van der Waals surface area contributed by atoms with E-state index in [1.165, 1.54) is 0 Å². The van der Waals surface area contributed by atoms with Crippen molar-refractivity contribution in [3.05, 3.63) is 47.5 Å². The first-order valence-electron chi connectivity index (χ1n) is 6.29. The highest BCUT2D eigenvalue weighted by atomic mass is 16.5. The van der Waals surface area contributed by atoms with E-state index in [0.717, 1.165) is 21.9 Å². The molecule has 2 heteroatoms. The Morgan fingerprint density at radius 1 is 1.17 bits per heavy atom. The van der Waals surface area contributed by atoms with Crippen LogP contribution >= 0.6 is 0 Å². The normalized spacial score (nSPS) is 12.6. The Morgan fingerprint density at radius 3 is 2.44 bits per heavy atom. The minimum Gasteiger partial charge on any atom is -0.374 e. The zero-order chi connectivity index (χ0) is 13.1. The van der Waals surface area contributed by atoms with Gasteiger partial charge in [0, 0.05) is 12.2 Å². The van der Waals surface area contributed by atoms with Crippen LogP contribution in [0.5, 0.6) is 0 Å². The van der Waals surface area contributed by atoms with Crippen LogP contribution in [0.15, 0.2) is 36.4 Å². The lowest BCUT2D eigenvalue weighted by Gasteiger charge is -2.16.